The van der Waals surface area contributed by atoms with E-state index in [1.165, 1.54) is 27.8 Å². The first-order valence-corrected chi connectivity index (χ1v) is 7.83. The quantitative estimate of drug-likeness (QED) is 0.548. The molecule has 0 spiro atoms. The van der Waals surface area contributed by atoms with Crippen LogP contribution in [-0.2, 0) is 0 Å². The topological polar surface area (TPSA) is 0 Å². The van der Waals surface area contributed by atoms with Gasteiger partial charge >= 0.3 is 0 Å². The summed E-state index contributed by atoms with van der Waals surface area (Å²) < 4.78 is 0. The third kappa shape index (κ3) is 2.37. The largest absolute Gasteiger partial charge is 0.0830 e. The zero-order valence-corrected chi connectivity index (χ0v) is 12.4. The first-order valence-electron chi connectivity index (χ1n) is 7.83. The molecular formula is C22H18. The van der Waals surface area contributed by atoms with Gasteiger partial charge in [-0.15, -0.1) is 0 Å². The van der Waals surface area contributed by atoms with Crippen LogP contribution in [0.5, 0.6) is 0 Å². The van der Waals surface area contributed by atoms with Gasteiger partial charge in [0.1, 0.15) is 0 Å². The van der Waals surface area contributed by atoms with Crippen LogP contribution in [0.3, 0.4) is 0 Å². The van der Waals surface area contributed by atoms with Crippen molar-refractivity contribution in [1.29, 1.82) is 0 Å². The number of rotatable bonds is 2. The zero-order valence-electron chi connectivity index (χ0n) is 12.4. The molecular weight excluding hydrogens is 264 g/mol. The van der Waals surface area contributed by atoms with Gasteiger partial charge in [-0.3, -0.25) is 0 Å². The van der Waals surface area contributed by atoms with E-state index in [0.29, 0.717) is 5.92 Å². The molecule has 0 N–H and O–H groups in total. The molecule has 0 saturated carbocycles. The van der Waals surface area contributed by atoms with E-state index in [2.05, 4.69) is 91.0 Å². The van der Waals surface area contributed by atoms with Crippen LogP contribution >= 0.6 is 0 Å². The molecule has 0 aromatic heterocycles. The number of fused-ring (bicyclic) bond motifs is 1. The lowest BCUT2D eigenvalue weighted by Crippen LogP contribution is -2.05. The van der Waals surface area contributed by atoms with E-state index in [1.54, 1.807) is 0 Å². The molecule has 106 valence electrons. The lowest BCUT2D eigenvalue weighted by atomic mass is 9.81. The minimum Gasteiger partial charge on any atom is -0.0830 e. The highest BCUT2D eigenvalue weighted by molar-refractivity contribution is 5.70. The number of hydrogen-bond donors (Lipinski definition) is 0. The number of allylic oxidation sites excluding steroid dienone is 1. The SMILES string of the molecule is C1=Cc2cc(-c3ccccc3)ccc2C(c2ccccc2)C1. The van der Waals surface area contributed by atoms with Crippen LogP contribution in [0.2, 0.25) is 0 Å². The molecule has 3 aromatic rings. The van der Waals surface area contributed by atoms with Crippen molar-refractivity contribution in [1.82, 2.24) is 0 Å². The van der Waals surface area contributed by atoms with Crippen LogP contribution in [0.25, 0.3) is 17.2 Å². The smallest absolute Gasteiger partial charge is 0.0130 e. The Morgan fingerprint density at radius 3 is 2.18 bits per heavy atom. The van der Waals surface area contributed by atoms with Gasteiger partial charge in [-0.25, -0.2) is 0 Å². The minimum atomic E-state index is 0.478. The van der Waals surface area contributed by atoms with Gasteiger partial charge in [0, 0.05) is 5.92 Å². The minimum absolute atomic E-state index is 0.478. The van der Waals surface area contributed by atoms with Crippen LogP contribution in [0.15, 0.2) is 84.9 Å². The molecule has 4 rings (SSSR count). The molecule has 1 atom stereocenters. The Hall–Kier alpha value is -2.60. The van der Waals surface area contributed by atoms with Gasteiger partial charge < -0.3 is 0 Å². The van der Waals surface area contributed by atoms with Crippen LogP contribution < -0.4 is 0 Å². The Kier molecular flexibility index (Phi) is 3.36. The third-order valence-electron chi connectivity index (χ3n) is 4.44. The molecule has 0 aliphatic heterocycles. The molecule has 0 amide bonds. The summed E-state index contributed by atoms with van der Waals surface area (Å²) in [7, 11) is 0. The van der Waals surface area contributed by atoms with Gasteiger partial charge in [0.2, 0.25) is 0 Å². The maximum absolute atomic E-state index is 2.32. The fourth-order valence-electron chi connectivity index (χ4n) is 3.31. The van der Waals surface area contributed by atoms with E-state index in [-0.39, 0.29) is 0 Å². The van der Waals surface area contributed by atoms with Crippen molar-refractivity contribution in [3.05, 3.63) is 102 Å². The van der Waals surface area contributed by atoms with Gasteiger partial charge in [-0.1, -0.05) is 84.9 Å². The first kappa shape index (κ1) is 13.1. The van der Waals surface area contributed by atoms with E-state index in [0.717, 1.165) is 6.42 Å². The summed E-state index contributed by atoms with van der Waals surface area (Å²) in [6, 6.07) is 28.3. The molecule has 1 aliphatic rings. The van der Waals surface area contributed by atoms with Crippen LogP contribution in [0.4, 0.5) is 0 Å². The Labute approximate surface area is 131 Å². The Balaban J connectivity index is 1.77. The van der Waals surface area contributed by atoms with Crippen molar-refractivity contribution in [2.45, 2.75) is 12.3 Å². The van der Waals surface area contributed by atoms with E-state index in [4.69, 9.17) is 0 Å². The average molecular weight is 282 g/mol. The number of hydrogen-bond acceptors (Lipinski definition) is 0. The summed E-state index contributed by atoms with van der Waals surface area (Å²) in [4.78, 5) is 0. The molecule has 0 saturated heterocycles. The Bertz CT molecular complexity index is 798. The van der Waals surface area contributed by atoms with Crippen molar-refractivity contribution in [3.63, 3.8) is 0 Å². The second-order valence-electron chi connectivity index (χ2n) is 5.81. The van der Waals surface area contributed by atoms with Gasteiger partial charge in [-0.05, 0) is 40.3 Å². The molecule has 0 heteroatoms. The maximum Gasteiger partial charge on any atom is 0.0130 e. The zero-order chi connectivity index (χ0) is 14.8. The molecule has 3 aromatic carbocycles. The van der Waals surface area contributed by atoms with Crippen molar-refractivity contribution in [2.24, 2.45) is 0 Å². The average Bonchev–Trinajstić information content (AvgIpc) is 2.62. The molecule has 0 fully saturated rings. The summed E-state index contributed by atoms with van der Waals surface area (Å²) >= 11 is 0. The Morgan fingerprint density at radius 1 is 0.682 bits per heavy atom. The van der Waals surface area contributed by atoms with Gasteiger partial charge in [-0.2, -0.15) is 0 Å². The maximum atomic E-state index is 2.32. The fourth-order valence-corrected chi connectivity index (χ4v) is 3.31. The van der Waals surface area contributed by atoms with Crippen molar-refractivity contribution in [3.8, 4) is 11.1 Å². The molecule has 0 heterocycles. The van der Waals surface area contributed by atoms with E-state index in [9.17, 15) is 0 Å². The second-order valence-corrected chi connectivity index (χ2v) is 5.81. The molecule has 0 bridgehead atoms. The lowest BCUT2D eigenvalue weighted by Gasteiger charge is -2.23. The monoisotopic (exact) mass is 282 g/mol. The van der Waals surface area contributed by atoms with Crippen LogP contribution in [0.1, 0.15) is 29.0 Å². The Morgan fingerprint density at radius 2 is 1.41 bits per heavy atom. The van der Waals surface area contributed by atoms with Gasteiger partial charge in [0.05, 0.1) is 0 Å². The summed E-state index contributed by atoms with van der Waals surface area (Å²) in [5, 5.41) is 0. The van der Waals surface area contributed by atoms with E-state index >= 15 is 0 Å². The summed E-state index contributed by atoms with van der Waals surface area (Å²) in [5.74, 6) is 0.478. The van der Waals surface area contributed by atoms with E-state index < -0.39 is 0 Å². The standard InChI is InChI=1S/C22H18/c1-3-8-17(9-4-1)19-14-15-22-20(16-19)12-7-13-21(22)18-10-5-2-6-11-18/h1-12,14-16,21H,13H2. The summed E-state index contributed by atoms with van der Waals surface area (Å²) in [6.45, 7) is 0. The van der Waals surface area contributed by atoms with Crippen LogP contribution in [0, 0.1) is 0 Å². The van der Waals surface area contributed by atoms with Crippen molar-refractivity contribution >= 4 is 6.08 Å². The molecule has 0 nitrogen and oxygen atoms in total. The first-order chi connectivity index (χ1) is 10.9. The molecule has 22 heavy (non-hydrogen) atoms. The highest BCUT2D eigenvalue weighted by atomic mass is 14.2. The predicted molar refractivity (Wildman–Crippen MR) is 93.8 cm³/mol. The lowest BCUT2D eigenvalue weighted by molar-refractivity contribution is 0.819. The highest BCUT2D eigenvalue weighted by Gasteiger charge is 2.18. The molecule has 1 unspecified atom stereocenters. The van der Waals surface area contributed by atoms with Crippen molar-refractivity contribution < 1.29 is 0 Å². The third-order valence-corrected chi connectivity index (χ3v) is 4.44. The number of benzene rings is 3. The summed E-state index contributed by atoms with van der Waals surface area (Å²) in [5.41, 5.74) is 6.76. The van der Waals surface area contributed by atoms with Gasteiger partial charge in [0.25, 0.3) is 0 Å². The normalized spacial score (nSPS) is 16.3. The van der Waals surface area contributed by atoms with E-state index in [1.807, 2.05) is 0 Å². The highest BCUT2D eigenvalue weighted by Crippen LogP contribution is 2.36. The predicted octanol–water partition coefficient (Wildman–Crippen LogP) is 5.90. The van der Waals surface area contributed by atoms with Gasteiger partial charge in [0.15, 0.2) is 0 Å². The summed E-state index contributed by atoms with van der Waals surface area (Å²) in [6.07, 6.45) is 5.65. The second kappa shape index (κ2) is 5.65. The van der Waals surface area contributed by atoms with Crippen LogP contribution in [-0.4, -0.2) is 0 Å². The molecule has 1 aliphatic carbocycles. The fraction of sp³-hybridized carbons (Fsp3) is 0.0909. The van der Waals surface area contributed by atoms with Crippen molar-refractivity contribution in [2.75, 3.05) is 0 Å². The molecule has 0 radical (unpaired) electrons.